The van der Waals surface area contributed by atoms with Crippen molar-refractivity contribution in [3.63, 3.8) is 0 Å². The number of aryl methyl sites for hydroxylation is 1. The van der Waals surface area contributed by atoms with Crippen molar-refractivity contribution >= 4 is 16.6 Å². The predicted molar refractivity (Wildman–Crippen MR) is 64.7 cm³/mol. The fourth-order valence-electron chi connectivity index (χ4n) is 2.46. The van der Waals surface area contributed by atoms with E-state index in [2.05, 4.69) is 4.98 Å². The number of pyridine rings is 1. The second-order valence-electron chi connectivity index (χ2n) is 4.31. The highest BCUT2D eigenvalue weighted by Gasteiger charge is 2.19. The van der Waals surface area contributed by atoms with E-state index in [1.165, 1.54) is 13.2 Å². The van der Waals surface area contributed by atoms with Gasteiger partial charge in [-0.1, -0.05) is 0 Å². The largest absolute Gasteiger partial charge is 0.494 e. The molecule has 0 saturated carbocycles. The molecule has 1 aromatic carbocycles. The summed E-state index contributed by atoms with van der Waals surface area (Å²) in [7, 11) is 1.45. The van der Waals surface area contributed by atoms with Crippen LogP contribution in [0.1, 0.15) is 17.7 Å². The highest BCUT2D eigenvalue weighted by atomic mass is 19.1. The van der Waals surface area contributed by atoms with Crippen LogP contribution in [0.25, 0.3) is 10.9 Å². The Labute approximate surface area is 98.4 Å². The van der Waals surface area contributed by atoms with Crippen LogP contribution >= 0.6 is 0 Å². The molecule has 4 heteroatoms. The van der Waals surface area contributed by atoms with Crippen molar-refractivity contribution in [1.82, 2.24) is 4.98 Å². The van der Waals surface area contributed by atoms with Crippen molar-refractivity contribution in [2.24, 2.45) is 0 Å². The molecule has 1 aliphatic rings. The van der Waals surface area contributed by atoms with E-state index in [0.717, 1.165) is 41.6 Å². The Morgan fingerprint density at radius 2 is 2.18 bits per heavy atom. The van der Waals surface area contributed by atoms with E-state index in [9.17, 15) is 4.39 Å². The van der Waals surface area contributed by atoms with Gasteiger partial charge in [0.2, 0.25) is 0 Å². The van der Waals surface area contributed by atoms with Crippen LogP contribution in [-0.4, -0.2) is 12.1 Å². The number of rotatable bonds is 1. The number of methoxy groups -OCH3 is 1. The molecule has 1 heterocycles. The summed E-state index contributed by atoms with van der Waals surface area (Å²) in [6.07, 6.45) is 2.97. The maximum atomic E-state index is 13.6. The number of nitrogen functional groups attached to an aromatic ring is 1. The molecule has 2 N–H and O–H groups in total. The molecule has 0 spiro atoms. The molecule has 2 aromatic rings. The number of ether oxygens (including phenoxy) is 1. The molecule has 3 rings (SSSR count). The standard InChI is InChI=1S/C13H13FN2O/c1-17-12-5-8-11(6-9(12)14)16-10-4-2-3-7(10)13(8)15/h5-6H,2-4H2,1H3,(H2,15,16). The van der Waals surface area contributed by atoms with Crippen LogP contribution in [0, 0.1) is 5.82 Å². The third-order valence-electron chi connectivity index (χ3n) is 3.33. The lowest BCUT2D eigenvalue weighted by Crippen LogP contribution is -1.99. The lowest BCUT2D eigenvalue weighted by Gasteiger charge is -2.10. The molecule has 1 aromatic heterocycles. The average molecular weight is 232 g/mol. The minimum absolute atomic E-state index is 0.212. The number of anilines is 1. The average Bonchev–Trinajstić information content (AvgIpc) is 2.77. The molecule has 0 atom stereocenters. The molecule has 0 unspecified atom stereocenters. The van der Waals surface area contributed by atoms with Crippen LogP contribution in [0.15, 0.2) is 12.1 Å². The molecule has 0 fully saturated rings. The van der Waals surface area contributed by atoms with E-state index in [4.69, 9.17) is 10.5 Å². The number of nitrogens with zero attached hydrogens (tertiary/aromatic N) is 1. The molecular weight excluding hydrogens is 219 g/mol. The van der Waals surface area contributed by atoms with Crippen molar-refractivity contribution < 1.29 is 9.13 Å². The predicted octanol–water partition coefficient (Wildman–Crippen LogP) is 2.45. The first-order valence-electron chi connectivity index (χ1n) is 5.65. The second-order valence-corrected chi connectivity index (χ2v) is 4.31. The zero-order valence-electron chi connectivity index (χ0n) is 9.59. The maximum absolute atomic E-state index is 13.6. The Morgan fingerprint density at radius 3 is 2.94 bits per heavy atom. The number of nitrogens with two attached hydrogens (primary N) is 1. The quantitative estimate of drug-likeness (QED) is 0.821. The highest BCUT2D eigenvalue weighted by Crippen LogP contribution is 2.34. The van der Waals surface area contributed by atoms with Crippen molar-refractivity contribution in [2.45, 2.75) is 19.3 Å². The summed E-state index contributed by atoms with van der Waals surface area (Å²) < 4.78 is 18.6. The van der Waals surface area contributed by atoms with E-state index in [1.54, 1.807) is 6.07 Å². The van der Waals surface area contributed by atoms with Gasteiger partial charge in [-0.3, -0.25) is 4.98 Å². The van der Waals surface area contributed by atoms with Crippen molar-refractivity contribution in [1.29, 1.82) is 0 Å². The molecule has 0 bridgehead atoms. The van der Waals surface area contributed by atoms with E-state index >= 15 is 0 Å². The molecule has 88 valence electrons. The van der Waals surface area contributed by atoms with Crippen molar-refractivity contribution in [2.75, 3.05) is 12.8 Å². The molecule has 0 aliphatic heterocycles. The van der Waals surface area contributed by atoms with Gasteiger partial charge in [-0.15, -0.1) is 0 Å². The van der Waals surface area contributed by atoms with Gasteiger partial charge in [0, 0.05) is 22.8 Å². The highest BCUT2D eigenvalue weighted by molar-refractivity contribution is 5.93. The van der Waals surface area contributed by atoms with Crippen molar-refractivity contribution in [3.8, 4) is 5.75 Å². The SMILES string of the molecule is COc1cc2c(N)c3c(nc2cc1F)CCC3. The molecule has 0 saturated heterocycles. The number of benzene rings is 1. The molecule has 1 aliphatic carbocycles. The zero-order valence-corrected chi connectivity index (χ0v) is 9.59. The van der Waals surface area contributed by atoms with Crippen LogP contribution in [0.5, 0.6) is 5.75 Å². The minimum Gasteiger partial charge on any atom is -0.494 e. The van der Waals surface area contributed by atoms with Gasteiger partial charge in [-0.25, -0.2) is 4.39 Å². The summed E-state index contributed by atoms with van der Waals surface area (Å²) in [6.45, 7) is 0. The fraction of sp³-hybridized carbons (Fsp3) is 0.308. The van der Waals surface area contributed by atoms with Gasteiger partial charge < -0.3 is 10.5 Å². The number of hydrogen-bond donors (Lipinski definition) is 1. The Morgan fingerprint density at radius 1 is 1.35 bits per heavy atom. The third kappa shape index (κ3) is 1.44. The first kappa shape index (κ1) is 10.3. The monoisotopic (exact) mass is 232 g/mol. The van der Waals surface area contributed by atoms with Gasteiger partial charge in [-0.2, -0.15) is 0 Å². The third-order valence-corrected chi connectivity index (χ3v) is 3.33. The van der Waals surface area contributed by atoms with Gasteiger partial charge >= 0.3 is 0 Å². The molecule has 0 radical (unpaired) electrons. The Hall–Kier alpha value is -1.84. The van der Waals surface area contributed by atoms with Gasteiger partial charge in [0.1, 0.15) is 0 Å². The minimum atomic E-state index is -0.398. The van der Waals surface area contributed by atoms with Gasteiger partial charge in [0.05, 0.1) is 12.6 Å². The molecule has 0 amide bonds. The molecule has 3 nitrogen and oxygen atoms in total. The molecule has 17 heavy (non-hydrogen) atoms. The topological polar surface area (TPSA) is 48.1 Å². The Balaban J connectivity index is 2.36. The Kier molecular flexibility index (Phi) is 2.18. The number of fused-ring (bicyclic) bond motifs is 2. The van der Waals surface area contributed by atoms with E-state index < -0.39 is 5.82 Å². The summed E-state index contributed by atoms with van der Waals surface area (Å²) >= 11 is 0. The van der Waals surface area contributed by atoms with E-state index in [-0.39, 0.29) is 5.75 Å². The Bertz CT molecular complexity index is 610. The molecular formula is C13H13FN2O. The van der Waals surface area contributed by atoms with Gasteiger partial charge in [0.25, 0.3) is 0 Å². The number of hydrogen-bond acceptors (Lipinski definition) is 3. The summed E-state index contributed by atoms with van der Waals surface area (Å²) in [5.74, 6) is -0.186. The van der Waals surface area contributed by atoms with Crippen LogP contribution in [-0.2, 0) is 12.8 Å². The lowest BCUT2D eigenvalue weighted by molar-refractivity contribution is 0.387. The second kappa shape index (κ2) is 3.58. The zero-order chi connectivity index (χ0) is 12.0. The first-order valence-corrected chi connectivity index (χ1v) is 5.65. The van der Waals surface area contributed by atoms with Gasteiger partial charge in [-0.05, 0) is 30.9 Å². The van der Waals surface area contributed by atoms with Crippen LogP contribution in [0.4, 0.5) is 10.1 Å². The van der Waals surface area contributed by atoms with Crippen molar-refractivity contribution in [3.05, 3.63) is 29.2 Å². The van der Waals surface area contributed by atoms with Crippen LogP contribution < -0.4 is 10.5 Å². The number of aromatic nitrogens is 1. The maximum Gasteiger partial charge on any atom is 0.167 e. The van der Waals surface area contributed by atoms with E-state index in [0.29, 0.717) is 5.52 Å². The normalized spacial score (nSPS) is 14.0. The lowest BCUT2D eigenvalue weighted by atomic mass is 10.1. The summed E-state index contributed by atoms with van der Waals surface area (Å²) in [5.41, 5.74) is 9.59. The number of halogens is 1. The first-order chi connectivity index (χ1) is 8.20. The summed E-state index contributed by atoms with van der Waals surface area (Å²) in [6, 6.07) is 3.02. The van der Waals surface area contributed by atoms with Crippen LogP contribution in [0.3, 0.4) is 0 Å². The smallest absolute Gasteiger partial charge is 0.167 e. The van der Waals surface area contributed by atoms with E-state index in [1.807, 2.05) is 0 Å². The van der Waals surface area contributed by atoms with Gasteiger partial charge in [0.15, 0.2) is 11.6 Å². The van der Waals surface area contributed by atoms with Crippen LogP contribution in [0.2, 0.25) is 0 Å². The summed E-state index contributed by atoms with van der Waals surface area (Å²) in [4.78, 5) is 4.48. The summed E-state index contributed by atoms with van der Waals surface area (Å²) in [5, 5.41) is 0.781. The fourth-order valence-corrected chi connectivity index (χ4v) is 2.46.